The second-order valence-corrected chi connectivity index (χ2v) is 11.9. The Morgan fingerprint density at radius 1 is 0.931 bits per heavy atom. The number of rotatable bonds is 7. The highest BCUT2D eigenvalue weighted by Crippen LogP contribution is 2.33. The molecule has 2 saturated carbocycles. The maximum atomic E-state index is 13.1. The number of fused-ring (bicyclic) bond motifs is 1. The molecule has 1 aromatic rings. The van der Waals surface area contributed by atoms with Gasteiger partial charge in [-0.25, -0.2) is 13.4 Å². The Morgan fingerprint density at radius 3 is 2.55 bits per heavy atom. The van der Waals surface area contributed by atoms with Crippen molar-refractivity contribution in [3.8, 4) is 0 Å². The molecule has 29 heavy (non-hydrogen) atoms. The summed E-state index contributed by atoms with van der Waals surface area (Å²) in [6, 6.07) is 0.691. The monoisotopic (exact) mass is 420 g/mol. The third kappa shape index (κ3) is 4.57. The molecule has 2 saturated heterocycles. The molecule has 0 unspecified atom stereocenters. The van der Waals surface area contributed by atoms with Gasteiger partial charge in [0.05, 0.1) is 17.6 Å². The summed E-state index contributed by atoms with van der Waals surface area (Å²) in [6.07, 6.45) is 12.9. The lowest BCUT2D eigenvalue weighted by Gasteiger charge is -2.37. The number of hydrogen-bond donors (Lipinski definition) is 0. The predicted molar refractivity (Wildman–Crippen MR) is 113 cm³/mol. The molecule has 6 nitrogen and oxygen atoms in total. The molecule has 162 valence electrons. The highest BCUT2D eigenvalue weighted by Gasteiger charge is 2.34. The van der Waals surface area contributed by atoms with Crippen LogP contribution in [0.15, 0.2) is 11.4 Å². The lowest BCUT2D eigenvalue weighted by molar-refractivity contribution is 0.0970. The smallest absolute Gasteiger partial charge is 0.227 e. The van der Waals surface area contributed by atoms with Crippen molar-refractivity contribution in [1.29, 1.82) is 0 Å². The molecule has 0 N–H and O–H groups in total. The average Bonchev–Trinajstić information content (AvgIpc) is 3.23. The zero-order valence-corrected chi connectivity index (χ0v) is 18.5. The van der Waals surface area contributed by atoms with Gasteiger partial charge in [0.1, 0.15) is 0 Å². The van der Waals surface area contributed by atoms with Crippen molar-refractivity contribution in [1.82, 2.24) is 19.4 Å². The molecule has 2 aliphatic carbocycles. The Morgan fingerprint density at radius 2 is 1.76 bits per heavy atom. The Kier molecular flexibility index (Phi) is 5.73. The predicted octanol–water partition coefficient (Wildman–Crippen LogP) is 2.93. The largest absolute Gasteiger partial charge is 0.317 e. The highest BCUT2D eigenvalue weighted by molar-refractivity contribution is 7.91. The van der Waals surface area contributed by atoms with Gasteiger partial charge < -0.3 is 4.57 Å². The molecule has 3 heterocycles. The fraction of sp³-hybridized carbons (Fsp3) is 0.864. The standard InChI is InChI=1S/C22H36N4O2S/c27-29(28,17-19-8-9-19)22-23-13-21(26(22)14-18-5-2-1-3-6-18)16-24-11-12-25-10-4-7-20(25)15-24/h13,18-20H,1-12,14-17H2/t20-/m1/s1. The van der Waals surface area contributed by atoms with Crippen molar-refractivity contribution >= 4 is 9.84 Å². The molecule has 0 amide bonds. The van der Waals surface area contributed by atoms with Gasteiger partial charge in [0.15, 0.2) is 0 Å². The SMILES string of the molecule is O=S(=O)(CC1CC1)c1ncc(CN2CCN3CCC[C@@H]3C2)n1CC1CCCCC1. The zero-order chi connectivity index (χ0) is 19.8. The first-order valence-corrected chi connectivity index (χ1v) is 13.5. The molecule has 5 rings (SSSR count). The van der Waals surface area contributed by atoms with Gasteiger partial charge in [-0.1, -0.05) is 19.3 Å². The van der Waals surface area contributed by atoms with Crippen molar-refractivity contribution in [3.05, 3.63) is 11.9 Å². The van der Waals surface area contributed by atoms with Crippen LogP contribution in [0.2, 0.25) is 0 Å². The topological polar surface area (TPSA) is 58.4 Å². The minimum atomic E-state index is -3.29. The van der Waals surface area contributed by atoms with Gasteiger partial charge in [0.2, 0.25) is 15.0 Å². The van der Waals surface area contributed by atoms with Crippen LogP contribution < -0.4 is 0 Å². The second-order valence-electron chi connectivity index (χ2n) is 9.94. The molecule has 4 aliphatic rings. The molecule has 0 spiro atoms. The van der Waals surface area contributed by atoms with E-state index in [0.29, 0.717) is 23.0 Å². The van der Waals surface area contributed by atoms with E-state index in [4.69, 9.17) is 0 Å². The molecular weight excluding hydrogens is 384 g/mol. The van der Waals surface area contributed by atoms with Gasteiger partial charge in [-0.05, 0) is 56.9 Å². The van der Waals surface area contributed by atoms with Crippen LogP contribution in [0.1, 0.15) is 63.5 Å². The molecule has 1 atom stereocenters. The van der Waals surface area contributed by atoms with Gasteiger partial charge in [0.25, 0.3) is 0 Å². The minimum Gasteiger partial charge on any atom is -0.317 e. The van der Waals surface area contributed by atoms with Crippen LogP contribution in [0.3, 0.4) is 0 Å². The Bertz CT molecular complexity index is 811. The average molecular weight is 421 g/mol. The van der Waals surface area contributed by atoms with Crippen molar-refractivity contribution < 1.29 is 8.42 Å². The van der Waals surface area contributed by atoms with Crippen LogP contribution in [-0.2, 0) is 22.9 Å². The summed E-state index contributed by atoms with van der Waals surface area (Å²) in [5.41, 5.74) is 1.11. The van der Waals surface area contributed by atoms with E-state index in [1.54, 1.807) is 0 Å². The number of aromatic nitrogens is 2. The van der Waals surface area contributed by atoms with Crippen molar-refractivity contribution in [2.45, 2.75) is 82.1 Å². The third-order valence-electron chi connectivity index (χ3n) is 7.55. The lowest BCUT2D eigenvalue weighted by Crippen LogP contribution is -2.49. The Balaban J connectivity index is 1.36. The molecule has 7 heteroatoms. The zero-order valence-electron chi connectivity index (χ0n) is 17.6. The molecule has 4 fully saturated rings. The maximum Gasteiger partial charge on any atom is 0.227 e. The second kappa shape index (κ2) is 8.31. The fourth-order valence-electron chi connectivity index (χ4n) is 5.69. The van der Waals surface area contributed by atoms with Crippen LogP contribution in [0.5, 0.6) is 0 Å². The number of piperazine rings is 1. The summed E-state index contributed by atoms with van der Waals surface area (Å²) in [6.45, 7) is 6.25. The van der Waals surface area contributed by atoms with Crippen molar-refractivity contribution in [3.63, 3.8) is 0 Å². The van der Waals surface area contributed by atoms with Gasteiger partial charge in [0, 0.05) is 38.8 Å². The summed E-state index contributed by atoms with van der Waals surface area (Å²) in [7, 11) is -3.29. The molecule has 0 radical (unpaired) electrons. The normalized spacial score (nSPS) is 27.4. The molecule has 0 aromatic carbocycles. The first-order chi connectivity index (χ1) is 14.1. The number of hydrogen-bond acceptors (Lipinski definition) is 5. The number of sulfone groups is 1. The van der Waals surface area contributed by atoms with E-state index in [1.165, 1.54) is 51.5 Å². The van der Waals surface area contributed by atoms with Gasteiger partial charge in [-0.3, -0.25) is 9.80 Å². The molecule has 0 bridgehead atoms. The van der Waals surface area contributed by atoms with E-state index < -0.39 is 9.84 Å². The molecule has 2 aliphatic heterocycles. The summed E-state index contributed by atoms with van der Waals surface area (Å²) >= 11 is 0. The fourth-order valence-corrected chi connectivity index (χ4v) is 7.53. The van der Waals surface area contributed by atoms with Gasteiger partial charge in [-0.2, -0.15) is 0 Å². The van der Waals surface area contributed by atoms with E-state index in [0.717, 1.165) is 51.3 Å². The van der Waals surface area contributed by atoms with Crippen LogP contribution in [-0.4, -0.2) is 65.7 Å². The summed E-state index contributed by atoms with van der Waals surface area (Å²) < 4.78 is 28.3. The van der Waals surface area contributed by atoms with Gasteiger partial charge in [-0.15, -0.1) is 0 Å². The van der Waals surface area contributed by atoms with E-state index in [2.05, 4.69) is 19.4 Å². The summed E-state index contributed by atoms with van der Waals surface area (Å²) in [4.78, 5) is 9.66. The summed E-state index contributed by atoms with van der Waals surface area (Å²) in [5.74, 6) is 1.24. The lowest BCUT2D eigenvalue weighted by atomic mass is 9.89. The molecular formula is C22H36N4O2S. The Hall–Kier alpha value is -0.920. The maximum absolute atomic E-state index is 13.1. The highest BCUT2D eigenvalue weighted by atomic mass is 32.2. The molecule has 1 aromatic heterocycles. The number of nitrogens with zero attached hydrogens (tertiary/aromatic N) is 4. The Labute approximate surface area is 175 Å². The van der Waals surface area contributed by atoms with Crippen molar-refractivity contribution in [2.24, 2.45) is 11.8 Å². The van der Waals surface area contributed by atoms with E-state index in [1.807, 2.05) is 6.20 Å². The van der Waals surface area contributed by atoms with Crippen LogP contribution >= 0.6 is 0 Å². The van der Waals surface area contributed by atoms with E-state index in [-0.39, 0.29) is 5.75 Å². The number of imidazole rings is 1. The first-order valence-electron chi connectivity index (χ1n) is 11.8. The first kappa shape index (κ1) is 20.0. The third-order valence-corrected chi connectivity index (χ3v) is 9.35. The van der Waals surface area contributed by atoms with Gasteiger partial charge >= 0.3 is 0 Å². The van der Waals surface area contributed by atoms with E-state index in [9.17, 15) is 8.42 Å². The van der Waals surface area contributed by atoms with Crippen LogP contribution in [0.25, 0.3) is 0 Å². The summed E-state index contributed by atoms with van der Waals surface area (Å²) in [5, 5.41) is 0.351. The van der Waals surface area contributed by atoms with E-state index >= 15 is 0 Å². The quantitative estimate of drug-likeness (QED) is 0.679. The van der Waals surface area contributed by atoms with Crippen LogP contribution in [0, 0.1) is 11.8 Å². The minimum absolute atomic E-state index is 0.287. The van der Waals surface area contributed by atoms with Crippen LogP contribution in [0.4, 0.5) is 0 Å². The van der Waals surface area contributed by atoms with Crippen molar-refractivity contribution in [2.75, 3.05) is 31.9 Å².